The summed E-state index contributed by atoms with van der Waals surface area (Å²) in [6, 6.07) is 16.1. The van der Waals surface area contributed by atoms with Crippen molar-refractivity contribution >= 4 is 23.2 Å². The molecule has 0 aliphatic heterocycles. The molecule has 0 fully saturated rings. The molecule has 2 aromatic carbocycles. The zero-order valence-corrected chi connectivity index (χ0v) is 16.9. The van der Waals surface area contributed by atoms with Crippen LogP contribution in [0.3, 0.4) is 0 Å². The summed E-state index contributed by atoms with van der Waals surface area (Å²) in [5, 5.41) is 15.7. The summed E-state index contributed by atoms with van der Waals surface area (Å²) < 4.78 is 26.0. The highest BCUT2D eigenvalue weighted by molar-refractivity contribution is 6.30. The number of carbonyl (C=O) groups excluding carboxylic acids is 1. The van der Waals surface area contributed by atoms with E-state index in [-0.39, 0.29) is 31.5 Å². The lowest BCUT2D eigenvalue weighted by Crippen LogP contribution is -2.32. The number of aromatic nitrogens is 4. The first-order chi connectivity index (χ1) is 15.1. The topological polar surface area (TPSA) is 90.6 Å². The summed E-state index contributed by atoms with van der Waals surface area (Å²) in [7, 11) is 0. The van der Waals surface area contributed by atoms with Crippen LogP contribution in [-0.2, 0) is 4.79 Å². The van der Waals surface area contributed by atoms with Gasteiger partial charge in [-0.15, -0.1) is 15.3 Å². The molecule has 2 heterocycles. The summed E-state index contributed by atoms with van der Waals surface area (Å²) in [4.78, 5) is 11.9. The van der Waals surface area contributed by atoms with Gasteiger partial charge >= 0.3 is 0 Å². The van der Waals surface area contributed by atoms with Crippen LogP contribution in [-0.4, -0.2) is 45.5 Å². The highest BCUT2D eigenvalue weighted by Crippen LogP contribution is 2.20. The number of nitrogens with one attached hydrogen (secondary N) is 1. The Morgan fingerprint density at radius 3 is 2.77 bits per heavy atom. The van der Waals surface area contributed by atoms with Crippen LogP contribution in [0.1, 0.15) is 0 Å². The number of rotatable bonds is 8. The molecule has 0 unspecified atom stereocenters. The molecule has 10 heteroatoms. The quantitative estimate of drug-likeness (QED) is 0.422. The number of hydrogen-bond donors (Lipinski definition) is 1. The van der Waals surface area contributed by atoms with Crippen molar-refractivity contribution in [3.05, 3.63) is 71.5 Å². The minimum atomic E-state index is -0.378. The van der Waals surface area contributed by atoms with Crippen molar-refractivity contribution in [2.24, 2.45) is 0 Å². The number of benzene rings is 2. The van der Waals surface area contributed by atoms with Crippen molar-refractivity contribution < 1.29 is 18.7 Å². The maximum absolute atomic E-state index is 13.5. The van der Waals surface area contributed by atoms with Crippen LogP contribution in [0.25, 0.3) is 17.0 Å². The van der Waals surface area contributed by atoms with Gasteiger partial charge in [0.15, 0.2) is 18.1 Å². The SMILES string of the molecule is O=C(COc1cccc(Cl)c1)NCCOc1ccc2nnc(-c3cccc(F)c3)n2n1. The highest BCUT2D eigenvalue weighted by Gasteiger charge is 2.11. The lowest BCUT2D eigenvalue weighted by atomic mass is 10.2. The van der Waals surface area contributed by atoms with Crippen molar-refractivity contribution in [3.63, 3.8) is 0 Å². The molecule has 0 spiro atoms. The van der Waals surface area contributed by atoms with E-state index in [1.807, 2.05) is 0 Å². The third-order valence-corrected chi connectivity index (χ3v) is 4.40. The van der Waals surface area contributed by atoms with Gasteiger partial charge in [-0.25, -0.2) is 4.39 Å². The molecule has 0 radical (unpaired) electrons. The molecule has 0 saturated carbocycles. The van der Waals surface area contributed by atoms with Crippen molar-refractivity contribution in [3.8, 4) is 23.0 Å². The minimum absolute atomic E-state index is 0.137. The molecule has 1 N–H and O–H groups in total. The average Bonchev–Trinajstić information content (AvgIpc) is 3.19. The largest absolute Gasteiger partial charge is 0.484 e. The summed E-state index contributed by atoms with van der Waals surface area (Å²) in [5.41, 5.74) is 1.04. The van der Waals surface area contributed by atoms with E-state index >= 15 is 0 Å². The van der Waals surface area contributed by atoms with Crippen molar-refractivity contribution in [2.75, 3.05) is 19.8 Å². The first kappa shape index (κ1) is 20.5. The van der Waals surface area contributed by atoms with Crippen LogP contribution in [0.15, 0.2) is 60.7 Å². The average molecular weight is 442 g/mol. The second kappa shape index (κ2) is 9.40. The lowest BCUT2D eigenvalue weighted by molar-refractivity contribution is -0.123. The number of amides is 1. The third kappa shape index (κ3) is 5.26. The number of halogens is 2. The van der Waals surface area contributed by atoms with E-state index in [0.29, 0.717) is 33.7 Å². The first-order valence-electron chi connectivity index (χ1n) is 9.35. The van der Waals surface area contributed by atoms with Gasteiger partial charge in [0, 0.05) is 16.7 Å². The normalized spacial score (nSPS) is 10.8. The maximum atomic E-state index is 13.5. The first-order valence-corrected chi connectivity index (χ1v) is 9.72. The fraction of sp³-hybridized carbons (Fsp3) is 0.143. The second-order valence-electron chi connectivity index (χ2n) is 6.42. The van der Waals surface area contributed by atoms with E-state index in [9.17, 15) is 9.18 Å². The van der Waals surface area contributed by atoms with Crippen LogP contribution < -0.4 is 14.8 Å². The van der Waals surface area contributed by atoms with E-state index in [4.69, 9.17) is 21.1 Å². The van der Waals surface area contributed by atoms with Gasteiger partial charge in [0.1, 0.15) is 18.2 Å². The fourth-order valence-corrected chi connectivity index (χ4v) is 2.94. The van der Waals surface area contributed by atoms with Gasteiger partial charge < -0.3 is 14.8 Å². The number of ether oxygens (including phenoxy) is 2. The van der Waals surface area contributed by atoms with Crippen LogP contribution in [0, 0.1) is 5.82 Å². The lowest BCUT2D eigenvalue weighted by Gasteiger charge is -2.09. The molecule has 0 bridgehead atoms. The molecule has 4 rings (SSSR count). The number of carbonyl (C=O) groups is 1. The Hall–Kier alpha value is -3.72. The van der Waals surface area contributed by atoms with Crippen LogP contribution in [0.4, 0.5) is 4.39 Å². The molecule has 0 aliphatic rings. The van der Waals surface area contributed by atoms with Gasteiger partial charge in [0.05, 0.1) is 6.54 Å². The van der Waals surface area contributed by atoms with E-state index in [2.05, 4.69) is 20.6 Å². The monoisotopic (exact) mass is 441 g/mol. The Bertz CT molecular complexity index is 1220. The van der Waals surface area contributed by atoms with Crippen LogP contribution >= 0.6 is 11.6 Å². The molecule has 0 aliphatic carbocycles. The molecule has 0 atom stereocenters. The van der Waals surface area contributed by atoms with E-state index < -0.39 is 0 Å². The van der Waals surface area contributed by atoms with E-state index in [1.54, 1.807) is 48.5 Å². The zero-order valence-electron chi connectivity index (χ0n) is 16.2. The van der Waals surface area contributed by atoms with Crippen molar-refractivity contribution in [2.45, 2.75) is 0 Å². The summed E-state index contributed by atoms with van der Waals surface area (Å²) in [6.45, 7) is 0.317. The number of hydrogen-bond acceptors (Lipinski definition) is 6. The predicted molar refractivity (Wildman–Crippen MR) is 112 cm³/mol. The molecule has 4 aromatic rings. The van der Waals surface area contributed by atoms with Gasteiger partial charge in [-0.05, 0) is 36.4 Å². The molecular weight excluding hydrogens is 425 g/mol. The Labute approximate surface area is 181 Å². The second-order valence-corrected chi connectivity index (χ2v) is 6.86. The molecule has 8 nitrogen and oxygen atoms in total. The highest BCUT2D eigenvalue weighted by atomic mass is 35.5. The number of nitrogens with zero attached hydrogens (tertiary/aromatic N) is 4. The minimum Gasteiger partial charge on any atom is -0.484 e. The fourth-order valence-electron chi connectivity index (χ4n) is 2.76. The molecule has 158 valence electrons. The zero-order chi connectivity index (χ0) is 21.6. The molecular formula is C21H17ClFN5O3. The van der Waals surface area contributed by atoms with Crippen molar-refractivity contribution in [1.82, 2.24) is 25.1 Å². The summed E-state index contributed by atoms with van der Waals surface area (Å²) >= 11 is 5.87. The van der Waals surface area contributed by atoms with Crippen molar-refractivity contribution in [1.29, 1.82) is 0 Å². The Balaban J connectivity index is 1.30. The van der Waals surface area contributed by atoms with Crippen LogP contribution in [0.2, 0.25) is 5.02 Å². The smallest absolute Gasteiger partial charge is 0.258 e. The van der Waals surface area contributed by atoms with Gasteiger partial charge in [-0.2, -0.15) is 4.52 Å². The van der Waals surface area contributed by atoms with Gasteiger partial charge in [-0.3, -0.25) is 4.79 Å². The number of fused-ring (bicyclic) bond motifs is 1. The van der Waals surface area contributed by atoms with E-state index in [1.165, 1.54) is 16.6 Å². The van der Waals surface area contributed by atoms with Crippen LogP contribution in [0.5, 0.6) is 11.6 Å². The van der Waals surface area contributed by atoms with Gasteiger partial charge in [0.2, 0.25) is 5.88 Å². The third-order valence-electron chi connectivity index (χ3n) is 4.16. The summed E-state index contributed by atoms with van der Waals surface area (Å²) in [6.07, 6.45) is 0. The van der Waals surface area contributed by atoms with Gasteiger partial charge in [0.25, 0.3) is 5.91 Å². The Morgan fingerprint density at radius 1 is 1.06 bits per heavy atom. The molecule has 1 amide bonds. The summed E-state index contributed by atoms with van der Waals surface area (Å²) in [5.74, 6) is 0.552. The Morgan fingerprint density at radius 2 is 1.94 bits per heavy atom. The standard InChI is InChI=1S/C21H17ClFN5O3/c22-15-4-2-6-17(12-15)31-13-19(29)24-9-10-30-20-8-7-18-25-26-21(28(18)27-20)14-3-1-5-16(23)11-14/h1-8,11-12H,9-10,13H2,(H,24,29). The molecule has 0 saturated heterocycles. The van der Waals surface area contributed by atoms with E-state index in [0.717, 1.165) is 0 Å². The Kier molecular flexibility index (Phi) is 6.23. The maximum Gasteiger partial charge on any atom is 0.258 e. The van der Waals surface area contributed by atoms with Gasteiger partial charge in [-0.1, -0.05) is 29.8 Å². The predicted octanol–water partition coefficient (Wildman–Crippen LogP) is 3.16. The molecule has 31 heavy (non-hydrogen) atoms. The molecule has 2 aromatic heterocycles.